The second-order valence-electron chi connectivity index (χ2n) is 4.06. The molecule has 0 spiro atoms. The van der Waals surface area contributed by atoms with E-state index >= 15 is 0 Å². The topological polar surface area (TPSA) is 57.6 Å². The quantitative estimate of drug-likeness (QED) is 0.905. The van der Waals surface area contributed by atoms with Gasteiger partial charge in [0.1, 0.15) is 0 Å². The van der Waals surface area contributed by atoms with Gasteiger partial charge in [0.2, 0.25) is 0 Å². The van der Waals surface area contributed by atoms with Gasteiger partial charge in [0.05, 0.1) is 17.5 Å². The van der Waals surface area contributed by atoms with Gasteiger partial charge in [-0.3, -0.25) is 9.59 Å². The van der Waals surface area contributed by atoms with Crippen LogP contribution in [0.3, 0.4) is 0 Å². The minimum absolute atomic E-state index is 0.0865. The van der Waals surface area contributed by atoms with Crippen LogP contribution in [-0.2, 0) is 11.0 Å². The summed E-state index contributed by atoms with van der Waals surface area (Å²) in [4.78, 5) is 23.5. The highest BCUT2D eigenvalue weighted by Gasteiger charge is 2.32. The maximum atomic E-state index is 12.6. The van der Waals surface area contributed by atoms with Gasteiger partial charge in [-0.2, -0.15) is 13.2 Å². The molecule has 1 aromatic carbocycles. The highest BCUT2D eigenvalue weighted by Crippen LogP contribution is 2.32. The zero-order chi connectivity index (χ0) is 15.5. The van der Waals surface area contributed by atoms with E-state index in [1.54, 1.807) is 0 Å². The fourth-order valence-corrected chi connectivity index (χ4v) is 1.85. The van der Waals surface area contributed by atoms with Crippen molar-refractivity contribution in [1.82, 2.24) is 4.90 Å². The molecule has 1 aromatic rings. The maximum absolute atomic E-state index is 12.6. The number of halogens is 4. The van der Waals surface area contributed by atoms with Crippen LogP contribution in [0.25, 0.3) is 0 Å². The molecular weight excluding hydrogens is 343 g/mol. The van der Waals surface area contributed by atoms with Crippen LogP contribution in [0.15, 0.2) is 22.7 Å². The molecule has 0 saturated carbocycles. The van der Waals surface area contributed by atoms with Crippen LogP contribution in [0.5, 0.6) is 0 Å². The third-order valence-electron chi connectivity index (χ3n) is 2.53. The van der Waals surface area contributed by atoms with Gasteiger partial charge in [-0.25, -0.2) is 0 Å². The molecule has 0 atom stereocenters. The first-order valence-electron chi connectivity index (χ1n) is 5.47. The van der Waals surface area contributed by atoms with Gasteiger partial charge >= 0.3 is 12.1 Å². The number of hydrogen-bond donors (Lipinski definition) is 1. The van der Waals surface area contributed by atoms with E-state index in [0.29, 0.717) is 0 Å². The Balaban J connectivity index is 3.00. The molecule has 1 amide bonds. The normalized spacial score (nSPS) is 11.2. The first kappa shape index (κ1) is 16.5. The predicted molar refractivity (Wildman–Crippen MR) is 68.4 cm³/mol. The lowest BCUT2D eigenvalue weighted by Gasteiger charge is -2.18. The number of carboxylic acid groups (broad SMARTS) is 1. The van der Waals surface area contributed by atoms with Crippen molar-refractivity contribution in [2.75, 3.05) is 13.6 Å². The Bertz CT molecular complexity index is 531. The van der Waals surface area contributed by atoms with Gasteiger partial charge in [0.15, 0.2) is 0 Å². The van der Waals surface area contributed by atoms with E-state index in [9.17, 15) is 22.8 Å². The van der Waals surface area contributed by atoms with E-state index in [1.807, 2.05) is 0 Å². The minimum Gasteiger partial charge on any atom is -0.481 e. The molecule has 20 heavy (non-hydrogen) atoms. The lowest BCUT2D eigenvalue weighted by molar-refractivity contribution is -0.138. The van der Waals surface area contributed by atoms with Crippen LogP contribution in [0.2, 0.25) is 0 Å². The molecule has 0 aliphatic heterocycles. The van der Waals surface area contributed by atoms with Crippen LogP contribution in [0.1, 0.15) is 22.3 Å². The summed E-state index contributed by atoms with van der Waals surface area (Å²) < 4.78 is 38.0. The molecule has 0 fully saturated rings. The van der Waals surface area contributed by atoms with Crippen molar-refractivity contribution in [3.63, 3.8) is 0 Å². The number of nitrogens with zero attached hydrogens (tertiary/aromatic N) is 1. The number of carbonyl (C=O) groups excluding carboxylic acids is 1. The van der Waals surface area contributed by atoms with Crippen molar-refractivity contribution < 1.29 is 27.9 Å². The van der Waals surface area contributed by atoms with Crippen LogP contribution in [-0.4, -0.2) is 35.5 Å². The van der Waals surface area contributed by atoms with E-state index < -0.39 is 23.6 Å². The zero-order valence-corrected chi connectivity index (χ0v) is 12.0. The molecule has 0 radical (unpaired) electrons. The Labute approximate surface area is 121 Å². The largest absolute Gasteiger partial charge is 0.481 e. The molecule has 0 aromatic heterocycles. The molecule has 4 nitrogen and oxygen atoms in total. The first-order valence-corrected chi connectivity index (χ1v) is 6.26. The maximum Gasteiger partial charge on any atom is 0.416 e. The SMILES string of the molecule is CN(CCC(=O)O)C(=O)c1cc(C(F)(F)F)ccc1Br. The van der Waals surface area contributed by atoms with Crippen molar-refractivity contribution in [3.8, 4) is 0 Å². The molecule has 0 bridgehead atoms. The number of carbonyl (C=O) groups is 2. The highest BCUT2D eigenvalue weighted by molar-refractivity contribution is 9.10. The Morgan fingerprint density at radius 2 is 1.95 bits per heavy atom. The second kappa shape index (κ2) is 6.25. The summed E-state index contributed by atoms with van der Waals surface area (Å²) in [7, 11) is 1.33. The monoisotopic (exact) mass is 353 g/mol. The van der Waals surface area contributed by atoms with Crippen LogP contribution in [0.4, 0.5) is 13.2 Å². The number of hydrogen-bond acceptors (Lipinski definition) is 2. The Morgan fingerprint density at radius 1 is 1.35 bits per heavy atom. The van der Waals surface area contributed by atoms with Gasteiger partial charge in [-0.15, -0.1) is 0 Å². The number of aliphatic carboxylic acids is 1. The molecule has 1 N–H and O–H groups in total. The molecular formula is C12H11BrF3NO3. The summed E-state index contributed by atoms with van der Waals surface area (Å²) in [6.07, 6.45) is -4.83. The zero-order valence-electron chi connectivity index (χ0n) is 10.4. The van der Waals surface area contributed by atoms with Crippen molar-refractivity contribution in [2.45, 2.75) is 12.6 Å². The van der Waals surface area contributed by atoms with Crippen LogP contribution < -0.4 is 0 Å². The summed E-state index contributed by atoms with van der Waals surface area (Å²) in [5.41, 5.74) is -1.09. The number of amides is 1. The summed E-state index contributed by atoms with van der Waals surface area (Å²) in [5.74, 6) is -1.77. The molecule has 1 rings (SSSR count). The van der Waals surface area contributed by atoms with Gasteiger partial charge < -0.3 is 10.0 Å². The Hall–Kier alpha value is -1.57. The fraction of sp³-hybridized carbons (Fsp3) is 0.333. The number of carboxylic acids is 1. The van der Waals surface area contributed by atoms with Gasteiger partial charge in [-0.05, 0) is 34.1 Å². The van der Waals surface area contributed by atoms with Crippen molar-refractivity contribution in [1.29, 1.82) is 0 Å². The number of rotatable bonds is 4. The first-order chi connectivity index (χ1) is 9.12. The van der Waals surface area contributed by atoms with Crippen LogP contribution >= 0.6 is 15.9 Å². The van der Waals surface area contributed by atoms with Gasteiger partial charge in [0, 0.05) is 18.1 Å². The van der Waals surface area contributed by atoms with Crippen LogP contribution in [0, 0.1) is 0 Å². The predicted octanol–water partition coefficient (Wildman–Crippen LogP) is 3.01. The van der Waals surface area contributed by atoms with Gasteiger partial charge in [-0.1, -0.05) is 0 Å². The number of alkyl halides is 3. The molecule has 0 heterocycles. The molecule has 0 aliphatic rings. The summed E-state index contributed by atoms with van der Waals surface area (Å²) in [6, 6.07) is 2.74. The molecule has 8 heteroatoms. The summed E-state index contributed by atoms with van der Waals surface area (Å²) >= 11 is 3.01. The molecule has 110 valence electrons. The third-order valence-corrected chi connectivity index (χ3v) is 3.22. The van der Waals surface area contributed by atoms with E-state index in [0.717, 1.165) is 23.1 Å². The van der Waals surface area contributed by atoms with Gasteiger partial charge in [0.25, 0.3) is 5.91 Å². The second-order valence-corrected chi connectivity index (χ2v) is 4.92. The fourth-order valence-electron chi connectivity index (χ4n) is 1.44. The molecule has 0 aliphatic carbocycles. The van der Waals surface area contributed by atoms with Crippen molar-refractivity contribution in [3.05, 3.63) is 33.8 Å². The average molecular weight is 354 g/mol. The van der Waals surface area contributed by atoms with E-state index in [4.69, 9.17) is 5.11 Å². The highest BCUT2D eigenvalue weighted by atomic mass is 79.9. The Kier molecular flexibility index (Phi) is 5.15. The minimum atomic E-state index is -4.55. The number of benzene rings is 1. The molecule has 0 unspecified atom stereocenters. The van der Waals surface area contributed by atoms with E-state index in [2.05, 4.69) is 15.9 Å². The Morgan fingerprint density at radius 3 is 2.45 bits per heavy atom. The third kappa shape index (κ3) is 4.22. The summed E-state index contributed by atoms with van der Waals surface area (Å²) in [5, 5.41) is 8.52. The lowest BCUT2D eigenvalue weighted by Crippen LogP contribution is -2.29. The van der Waals surface area contributed by atoms with Crippen molar-refractivity contribution in [2.24, 2.45) is 0 Å². The standard InChI is InChI=1S/C12H11BrF3NO3/c1-17(5-4-10(18)19)11(20)8-6-7(12(14,15)16)2-3-9(8)13/h2-3,6H,4-5H2,1H3,(H,18,19). The van der Waals surface area contributed by atoms with E-state index in [-0.39, 0.29) is 23.0 Å². The smallest absolute Gasteiger partial charge is 0.416 e. The van der Waals surface area contributed by atoms with E-state index in [1.165, 1.54) is 7.05 Å². The summed E-state index contributed by atoms with van der Waals surface area (Å²) in [6.45, 7) is -0.0865. The average Bonchev–Trinajstić information content (AvgIpc) is 2.34. The lowest BCUT2D eigenvalue weighted by atomic mass is 10.1. The molecule has 0 saturated heterocycles. The van der Waals surface area contributed by atoms with Crippen molar-refractivity contribution >= 4 is 27.8 Å².